The van der Waals surface area contributed by atoms with E-state index in [0.29, 0.717) is 0 Å². The summed E-state index contributed by atoms with van der Waals surface area (Å²) in [6, 6.07) is 67.2. The monoisotopic (exact) mass is 734 g/mol. The zero-order chi connectivity index (χ0) is 35.3. The van der Waals surface area contributed by atoms with Crippen molar-refractivity contribution in [2.45, 2.75) is 0 Å². The smallest absolute Gasteiger partial charge is 0.0661 e. The van der Waals surface area contributed by atoms with Crippen LogP contribution in [0.25, 0.3) is 51.5 Å². The van der Waals surface area contributed by atoms with Gasteiger partial charge in [0.1, 0.15) is 0 Å². The first-order valence-corrected chi connectivity index (χ1v) is 19.6. The van der Waals surface area contributed by atoms with Crippen LogP contribution in [0, 0.1) is 0 Å². The van der Waals surface area contributed by atoms with Crippen LogP contribution in [-0.4, -0.2) is 0 Å². The number of anilines is 6. The van der Waals surface area contributed by atoms with Gasteiger partial charge in [0.25, 0.3) is 0 Å². The molecule has 0 aliphatic rings. The molecule has 10 rings (SSSR count). The van der Waals surface area contributed by atoms with Gasteiger partial charge in [-0.05, 0) is 90.0 Å². The number of hydrogen-bond donors (Lipinski definition) is 0. The lowest BCUT2D eigenvalue weighted by molar-refractivity contribution is 1.27. The molecule has 0 radical (unpaired) electrons. The molecule has 0 unspecified atom stereocenters. The maximum absolute atomic E-state index is 7.28. The van der Waals surface area contributed by atoms with E-state index in [1.54, 1.807) is 11.3 Å². The summed E-state index contributed by atoms with van der Waals surface area (Å²) in [7, 11) is 0. The van der Waals surface area contributed by atoms with Gasteiger partial charge >= 0.3 is 0 Å². The predicted octanol–water partition coefficient (Wildman–Crippen LogP) is 15.7. The maximum Gasteiger partial charge on any atom is 0.0661 e. The molecule has 252 valence electrons. The fraction of sp³-hybridized carbons (Fsp3) is 0. The molecular weight excluding hydrogens is 704 g/mol. The fourth-order valence-electron chi connectivity index (χ4n) is 7.48. The highest BCUT2D eigenvalue weighted by atomic mass is 35.5. The quantitative estimate of drug-likeness (QED) is 0.161. The molecule has 5 heteroatoms. The third-order valence-electron chi connectivity index (χ3n) is 9.86. The topological polar surface area (TPSA) is 6.48 Å². The van der Waals surface area contributed by atoms with Crippen molar-refractivity contribution in [2.75, 3.05) is 9.80 Å². The van der Waals surface area contributed by atoms with Crippen LogP contribution in [0.5, 0.6) is 0 Å². The Morgan fingerprint density at radius 3 is 1.60 bits per heavy atom. The Balaban J connectivity index is 1.29. The van der Waals surface area contributed by atoms with E-state index in [0.717, 1.165) is 44.5 Å². The van der Waals surface area contributed by atoms with E-state index in [1.807, 2.05) is 11.3 Å². The Kier molecular flexibility index (Phi) is 7.95. The number of nitrogens with zero attached hydrogens (tertiary/aromatic N) is 2. The van der Waals surface area contributed by atoms with Gasteiger partial charge in [-0.3, -0.25) is 0 Å². The molecule has 0 spiro atoms. The van der Waals surface area contributed by atoms with Gasteiger partial charge in [0.2, 0.25) is 0 Å². The molecule has 0 bridgehead atoms. The second kappa shape index (κ2) is 13.3. The van der Waals surface area contributed by atoms with Crippen molar-refractivity contribution in [1.82, 2.24) is 0 Å². The molecule has 0 aliphatic carbocycles. The highest BCUT2D eigenvalue weighted by Crippen LogP contribution is 2.51. The van der Waals surface area contributed by atoms with Crippen molar-refractivity contribution in [1.29, 1.82) is 0 Å². The summed E-state index contributed by atoms with van der Waals surface area (Å²) in [5, 5.41) is 5.50. The van der Waals surface area contributed by atoms with E-state index < -0.39 is 0 Å². The van der Waals surface area contributed by atoms with Gasteiger partial charge in [0.15, 0.2) is 0 Å². The molecule has 0 N–H and O–H groups in total. The van der Waals surface area contributed by atoms with Crippen LogP contribution in [-0.2, 0) is 0 Å². The van der Waals surface area contributed by atoms with Gasteiger partial charge in [-0.25, -0.2) is 0 Å². The molecule has 0 amide bonds. The van der Waals surface area contributed by atoms with E-state index in [1.165, 1.54) is 46.1 Å². The van der Waals surface area contributed by atoms with E-state index in [4.69, 9.17) is 11.6 Å². The van der Waals surface area contributed by atoms with E-state index >= 15 is 0 Å². The molecule has 0 atom stereocenters. The minimum atomic E-state index is 0.752. The molecule has 2 aromatic heterocycles. The van der Waals surface area contributed by atoms with Crippen molar-refractivity contribution in [3.8, 4) is 11.1 Å². The van der Waals surface area contributed by atoms with Crippen LogP contribution in [0.3, 0.4) is 0 Å². The SMILES string of the molecule is Clc1cc(N(c2ccccc2)c2cc(N(c3ccccc3)c3ccccc3)cc3c2sc2ccc(-c4ccccc4)cc23)cc2sc3ccccc3c12. The number of benzene rings is 8. The van der Waals surface area contributed by atoms with Crippen molar-refractivity contribution in [3.63, 3.8) is 0 Å². The van der Waals surface area contributed by atoms with Gasteiger partial charge in [-0.15, -0.1) is 22.7 Å². The largest absolute Gasteiger partial charge is 0.310 e. The number of para-hydroxylation sites is 3. The molecule has 0 fully saturated rings. The lowest BCUT2D eigenvalue weighted by Crippen LogP contribution is -2.13. The third-order valence-corrected chi connectivity index (χ3v) is 12.5. The molecule has 0 aliphatic heterocycles. The van der Waals surface area contributed by atoms with Gasteiger partial charge < -0.3 is 9.80 Å². The van der Waals surface area contributed by atoms with Crippen LogP contribution in [0.15, 0.2) is 188 Å². The summed E-state index contributed by atoms with van der Waals surface area (Å²) in [6.45, 7) is 0. The Morgan fingerprint density at radius 1 is 0.358 bits per heavy atom. The predicted molar refractivity (Wildman–Crippen MR) is 232 cm³/mol. The first-order valence-electron chi connectivity index (χ1n) is 17.6. The molecule has 2 nitrogen and oxygen atoms in total. The van der Waals surface area contributed by atoms with Gasteiger partial charge in [0.05, 0.1) is 15.4 Å². The van der Waals surface area contributed by atoms with Crippen LogP contribution in [0.2, 0.25) is 5.02 Å². The zero-order valence-corrected chi connectivity index (χ0v) is 30.9. The summed E-state index contributed by atoms with van der Waals surface area (Å²) >= 11 is 10.9. The molecule has 0 saturated carbocycles. The highest BCUT2D eigenvalue weighted by Gasteiger charge is 2.24. The van der Waals surface area contributed by atoms with E-state index in [-0.39, 0.29) is 0 Å². The number of fused-ring (bicyclic) bond motifs is 6. The Labute approximate surface area is 321 Å². The molecular formula is C48H31ClN2S2. The molecule has 53 heavy (non-hydrogen) atoms. The summed E-state index contributed by atoms with van der Waals surface area (Å²) in [4.78, 5) is 4.75. The fourth-order valence-corrected chi connectivity index (χ4v) is 10.2. The highest BCUT2D eigenvalue weighted by molar-refractivity contribution is 7.26. The standard InChI is InChI=1S/C48H31ClN2S2/c49-42-29-38(31-46-47(42)39-23-13-14-24-44(39)52-46)51(36-21-11-4-12-22-36)43-30-37(50(34-17-7-2-8-18-34)35-19-9-3-10-20-35)28-41-40-27-33(32-15-5-1-6-16-32)25-26-45(40)53-48(41)43/h1-31H. The number of rotatable bonds is 7. The molecule has 2 heterocycles. The van der Waals surface area contributed by atoms with Crippen molar-refractivity contribution in [3.05, 3.63) is 193 Å². The molecule has 8 aromatic carbocycles. The van der Waals surface area contributed by atoms with E-state index in [9.17, 15) is 0 Å². The minimum Gasteiger partial charge on any atom is -0.310 e. The Hall–Kier alpha value is -5.91. The first kappa shape index (κ1) is 31.8. The van der Waals surface area contributed by atoms with Gasteiger partial charge in [-0.1, -0.05) is 121 Å². The van der Waals surface area contributed by atoms with Crippen LogP contribution >= 0.6 is 34.3 Å². The van der Waals surface area contributed by atoms with E-state index in [2.05, 4.69) is 198 Å². The second-order valence-electron chi connectivity index (χ2n) is 13.1. The first-order chi connectivity index (χ1) is 26.2. The van der Waals surface area contributed by atoms with Crippen molar-refractivity contribution in [2.24, 2.45) is 0 Å². The van der Waals surface area contributed by atoms with Crippen molar-refractivity contribution < 1.29 is 0 Å². The van der Waals surface area contributed by atoms with Crippen LogP contribution < -0.4 is 9.80 Å². The average Bonchev–Trinajstić information content (AvgIpc) is 3.78. The third kappa shape index (κ3) is 5.64. The summed E-state index contributed by atoms with van der Waals surface area (Å²) in [5.41, 5.74) is 8.85. The number of hydrogen-bond acceptors (Lipinski definition) is 4. The Morgan fingerprint density at radius 2 is 0.925 bits per heavy atom. The van der Waals surface area contributed by atoms with Gasteiger partial charge in [-0.2, -0.15) is 0 Å². The minimum absolute atomic E-state index is 0.752. The number of halogens is 1. The lowest BCUT2D eigenvalue weighted by Gasteiger charge is -2.30. The lowest BCUT2D eigenvalue weighted by atomic mass is 10.0. The molecule has 10 aromatic rings. The zero-order valence-electron chi connectivity index (χ0n) is 28.5. The van der Waals surface area contributed by atoms with Crippen LogP contribution in [0.4, 0.5) is 34.1 Å². The Bertz CT molecular complexity index is 2860. The normalized spacial score (nSPS) is 11.5. The maximum atomic E-state index is 7.28. The molecule has 0 saturated heterocycles. The van der Waals surface area contributed by atoms with Gasteiger partial charge in [0, 0.05) is 64.1 Å². The van der Waals surface area contributed by atoms with Crippen molar-refractivity contribution >= 4 is 109 Å². The summed E-state index contributed by atoms with van der Waals surface area (Å²) in [6.07, 6.45) is 0. The average molecular weight is 735 g/mol. The summed E-state index contributed by atoms with van der Waals surface area (Å²) < 4.78 is 4.86. The van der Waals surface area contributed by atoms with Crippen LogP contribution in [0.1, 0.15) is 0 Å². The number of thiophene rings is 2. The summed E-state index contributed by atoms with van der Waals surface area (Å²) in [5.74, 6) is 0. The second-order valence-corrected chi connectivity index (χ2v) is 15.6.